The van der Waals surface area contributed by atoms with Crippen molar-refractivity contribution in [3.63, 3.8) is 0 Å². The van der Waals surface area contributed by atoms with E-state index in [-0.39, 0.29) is 13.2 Å². The third kappa shape index (κ3) is 10.7. The molecule has 0 saturated carbocycles. The van der Waals surface area contributed by atoms with Gasteiger partial charge in [-0.2, -0.15) is 0 Å². The number of carbonyl (C=O) groups excluding carboxylic acids is 4. The minimum Gasteiger partial charge on any atom is -0.493 e. The lowest BCUT2D eigenvalue weighted by molar-refractivity contribution is -0.139. The lowest BCUT2D eigenvalue weighted by Crippen LogP contribution is -2.29. The Morgan fingerprint density at radius 1 is 0.818 bits per heavy atom. The summed E-state index contributed by atoms with van der Waals surface area (Å²) in [5, 5.41) is 0. The van der Waals surface area contributed by atoms with Crippen molar-refractivity contribution in [2.45, 2.75) is 38.7 Å². The predicted molar refractivity (Wildman–Crippen MR) is 161 cm³/mol. The first kappa shape index (κ1) is 33.5. The highest BCUT2D eigenvalue weighted by Gasteiger charge is 2.25. The van der Waals surface area contributed by atoms with Gasteiger partial charge in [0.1, 0.15) is 17.2 Å². The molecule has 0 bridgehead atoms. The zero-order valence-electron chi connectivity index (χ0n) is 24.9. The van der Waals surface area contributed by atoms with Gasteiger partial charge in [0.05, 0.1) is 43.2 Å². The second-order valence-electron chi connectivity index (χ2n) is 9.89. The van der Waals surface area contributed by atoms with Crippen LogP contribution < -0.4 is 14.2 Å². The van der Waals surface area contributed by atoms with E-state index < -0.39 is 29.5 Å². The van der Waals surface area contributed by atoms with E-state index >= 15 is 0 Å². The summed E-state index contributed by atoms with van der Waals surface area (Å²) in [6, 6.07) is 11.2. The van der Waals surface area contributed by atoms with Crippen LogP contribution in [0.2, 0.25) is 0 Å². The van der Waals surface area contributed by atoms with Gasteiger partial charge in [0.15, 0.2) is 0 Å². The Bertz CT molecular complexity index is 1420. The van der Waals surface area contributed by atoms with Gasteiger partial charge >= 0.3 is 23.9 Å². The van der Waals surface area contributed by atoms with Crippen LogP contribution in [0, 0.1) is 6.92 Å². The highest BCUT2D eigenvalue weighted by molar-refractivity contribution is 5.93. The summed E-state index contributed by atoms with van der Waals surface area (Å²) >= 11 is 0. The fourth-order valence-electron chi connectivity index (χ4n) is 3.86. The average molecular weight is 605 g/mol. The van der Waals surface area contributed by atoms with E-state index in [1.54, 1.807) is 67.6 Å². The summed E-state index contributed by atoms with van der Waals surface area (Å²) in [5.41, 5.74) is 0.733. The molecule has 0 radical (unpaired) electrons. The fraction of sp³-hybridized carbons (Fsp3) is 0.294. The summed E-state index contributed by atoms with van der Waals surface area (Å²) in [4.78, 5) is 47.5. The van der Waals surface area contributed by atoms with Gasteiger partial charge in [0, 0.05) is 25.0 Å². The van der Waals surface area contributed by atoms with Crippen molar-refractivity contribution in [3.05, 3.63) is 103 Å². The molecule has 0 N–H and O–H groups in total. The molecule has 0 aliphatic heterocycles. The van der Waals surface area contributed by atoms with Gasteiger partial charge in [-0.05, 0) is 74.4 Å². The molecule has 2 aromatic carbocycles. The normalized spacial score (nSPS) is 15.4. The van der Waals surface area contributed by atoms with Gasteiger partial charge in [0.2, 0.25) is 0 Å². The molecule has 0 fully saturated rings. The van der Waals surface area contributed by atoms with Crippen molar-refractivity contribution in [3.8, 4) is 17.2 Å². The van der Waals surface area contributed by atoms with E-state index in [0.29, 0.717) is 66.4 Å². The lowest BCUT2D eigenvalue weighted by atomic mass is 9.93. The number of carbonyl (C=O) groups is 4. The minimum absolute atomic E-state index is 0.219. The van der Waals surface area contributed by atoms with Crippen molar-refractivity contribution in [1.82, 2.24) is 0 Å². The van der Waals surface area contributed by atoms with Crippen molar-refractivity contribution in [2.24, 2.45) is 0 Å². The fourth-order valence-corrected chi connectivity index (χ4v) is 3.86. The summed E-state index contributed by atoms with van der Waals surface area (Å²) in [5.74, 6) is -0.843. The highest BCUT2D eigenvalue weighted by atomic mass is 16.6. The monoisotopic (exact) mass is 604 g/mol. The molecule has 0 saturated heterocycles. The van der Waals surface area contributed by atoms with Crippen LogP contribution in [-0.2, 0) is 28.6 Å². The van der Waals surface area contributed by atoms with Crippen LogP contribution in [-0.4, -0.2) is 55.9 Å². The number of aryl methyl sites for hydroxylation is 1. The summed E-state index contributed by atoms with van der Waals surface area (Å²) < 4.78 is 32.4. The van der Waals surface area contributed by atoms with E-state index in [4.69, 9.17) is 28.4 Å². The van der Waals surface area contributed by atoms with Crippen LogP contribution in [0.5, 0.6) is 17.2 Å². The molecule has 0 unspecified atom stereocenters. The number of ether oxygens (including phenoxy) is 6. The lowest BCUT2D eigenvalue weighted by Gasteiger charge is -2.28. The summed E-state index contributed by atoms with van der Waals surface area (Å²) in [7, 11) is 0. The van der Waals surface area contributed by atoms with Gasteiger partial charge < -0.3 is 28.4 Å². The second kappa shape index (κ2) is 16.6. The Morgan fingerprint density at radius 3 is 2.05 bits per heavy atom. The van der Waals surface area contributed by atoms with Crippen molar-refractivity contribution < 1.29 is 47.6 Å². The first-order chi connectivity index (χ1) is 21.1. The van der Waals surface area contributed by atoms with E-state index in [9.17, 15) is 19.2 Å². The minimum atomic E-state index is -0.592. The number of hydrogen-bond donors (Lipinski definition) is 0. The Morgan fingerprint density at radius 2 is 1.45 bits per heavy atom. The van der Waals surface area contributed by atoms with E-state index in [2.05, 4.69) is 13.2 Å². The van der Waals surface area contributed by atoms with Crippen molar-refractivity contribution in [2.75, 3.05) is 26.4 Å². The Labute approximate surface area is 256 Å². The van der Waals surface area contributed by atoms with E-state index in [1.165, 1.54) is 0 Å². The van der Waals surface area contributed by atoms with Crippen LogP contribution in [0.1, 0.15) is 42.1 Å². The maximum atomic E-state index is 12.7. The first-order valence-electron chi connectivity index (χ1n) is 14.0. The largest absolute Gasteiger partial charge is 0.493 e. The summed E-state index contributed by atoms with van der Waals surface area (Å²) in [6.07, 6.45) is 8.93. The van der Waals surface area contributed by atoms with Crippen LogP contribution in [0.25, 0.3) is 0 Å². The molecule has 2 aromatic rings. The van der Waals surface area contributed by atoms with Crippen LogP contribution in [0.15, 0.2) is 91.6 Å². The van der Waals surface area contributed by atoms with Crippen LogP contribution >= 0.6 is 0 Å². The van der Waals surface area contributed by atoms with E-state index in [0.717, 1.165) is 12.2 Å². The number of esters is 4. The van der Waals surface area contributed by atoms with Gasteiger partial charge in [0.25, 0.3) is 0 Å². The highest BCUT2D eigenvalue weighted by Crippen LogP contribution is 2.28. The van der Waals surface area contributed by atoms with Crippen molar-refractivity contribution in [1.29, 1.82) is 0 Å². The maximum Gasteiger partial charge on any atom is 0.343 e. The molecular formula is C34H36O10. The molecule has 0 aromatic heterocycles. The number of rotatable bonds is 16. The molecule has 232 valence electrons. The Kier molecular flexibility index (Phi) is 12.7. The molecule has 44 heavy (non-hydrogen) atoms. The van der Waals surface area contributed by atoms with Gasteiger partial charge in [-0.3, -0.25) is 0 Å². The predicted octanol–water partition coefficient (Wildman–Crippen LogP) is 5.40. The molecule has 0 heterocycles. The SMILES string of the molecule is C=CC(=O)OCCCOc1ccc(C(=O)Oc2ccc(OC(=O)C3=CC[C@@](C)(OCCCOC(=O)C=C)C=C3)cc2C)cc1. The maximum absolute atomic E-state index is 12.7. The second-order valence-corrected chi connectivity index (χ2v) is 9.89. The van der Waals surface area contributed by atoms with Gasteiger partial charge in [-0.1, -0.05) is 25.3 Å². The third-order valence-corrected chi connectivity index (χ3v) is 6.33. The molecule has 1 atom stereocenters. The molecule has 0 spiro atoms. The number of benzene rings is 2. The third-order valence-electron chi connectivity index (χ3n) is 6.33. The first-order valence-corrected chi connectivity index (χ1v) is 14.0. The van der Waals surface area contributed by atoms with Gasteiger partial charge in [-0.15, -0.1) is 0 Å². The standard InChI is InChI=1S/C34H36O10/c1-5-30(35)40-20-7-19-39-27-11-9-25(10-12-27)33(38)44-29-14-13-28(23-24(29)3)43-32(37)26-15-17-34(4,18-16-26)42-22-8-21-41-31(36)6-2/h5-6,9-17,23H,1-2,7-8,18-22H2,3-4H3/t34-/m0/s1. The number of hydrogen-bond acceptors (Lipinski definition) is 10. The molecule has 1 aliphatic rings. The van der Waals surface area contributed by atoms with Crippen molar-refractivity contribution >= 4 is 23.9 Å². The average Bonchev–Trinajstić information content (AvgIpc) is 3.02. The molecule has 10 heteroatoms. The van der Waals surface area contributed by atoms with Gasteiger partial charge in [-0.25, -0.2) is 19.2 Å². The summed E-state index contributed by atoms with van der Waals surface area (Å²) in [6.45, 7) is 11.5. The molecule has 3 rings (SSSR count). The molecule has 0 amide bonds. The van der Waals surface area contributed by atoms with Crippen LogP contribution in [0.3, 0.4) is 0 Å². The quantitative estimate of drug-likeness (QED) is 0.106. The Balaban J connectivity index is 1.44. The Hall–Kier alpha value is -4.96. The van der Waals surface area contributed by atoms with E-state index in [1.807, 2.05) is 6.92 Å². The molecular weight excluding hydrogens is 568 g/mol. The zero-order chi connectivity index (χ0) is 32.0. The molecule has 10 nitrogen and oxygen atoms in total. The molecule has 1 aliphatic carbocycles. The topological polar surface area (TPSA) is 124 Å². The zero-order valence-corrected chi connectivity index (χ0v) is 24.9. The van der Waals surface area contributed by atoms with Crippen LogP contribution in [0.4, 0.5) is 0 Å². The smallest absolute Gasteiger partial charge is 0.343 e.